The van der Waals surface area contributed by atoms with E-state index in [0.29, 0.717) is 16.4 Å². The molecule has 1 saturated heterocycles. The third-order valence-electron chi connectivity index (χ3n) is 4.65. The average molecular weight is 359 g/mol. The van der Waals surface area contributed by atoms with Gasteiger partial charge in [-0.15, -0.1) is 0 Å². The number of amides is 1. The van der Waals surface area contributed by atoms with E-state index in [9.17, 15) is 4.79 Å². The highest BCUT2D eigenvalue weighted by molar-refractivity contribution is 6.31. The first kappa shape index (κ1) is 17.7. The normalized spacial score (nSPS) is 15.2. The summed E-state index contributed by atoms with van der Waals surface area (Å²) < 4.78 is 0. The minimum Gasteiger partial charge on any atom is -0.340 e. The number of likely N-dealkylation sites (N-methyl/N-ethyl adjacent to an activating group) is 1. The van der Waals surface area contributed by atoms with Crippen LogP contribution in [0.25, 0.3) is 0 Å². The van der Waals surface area contributed by atoms with Crippen molar-refractivity contribution in [3.63, 3.8) is 0 Å². The lowest BCUT2D eigenvalue weighted by atomic mass is 10.2. The van der Waals surface area contributed by atoms with Gasteiger partial charge in [0.25, 0.3) is 5.91 Å². The molecule has 1 aromatic carbocycles. The smallest absolute Gasteiger partial charge is 0.255 e. The first-order chi connectivity index (χ1) is 12.1. The molecule has 6 heteroatoms. The minimum absolute atomic E-state index is 0.0498. The van der Waals surface area contributed by atoms with Gasteiger partial charge in [-0.3, -0.25) is 4.79 Å². The molecule has 5 nitrogen and oxygen atoms in total. The van der Waals surface area contributed by atoms with Crippen LogP contribution >= 0.6 is 11.6 Å². The van der Waals surface area contributed by atoms with Crippen LogP contribution in [0.4, 0.5) is 11.5 Å². The Morgan fingerprint density at radius 2 is 1.96 bits per heavy atom. The number of carbonyl (C=O) groups is 1. The van der Waals surface area contributed by atoms with E-state index in [4.69, 9.17) is 11.6 Å². The van der Waals surface area contributed by atoms with Crippen LogP contribution in [0.5, 0.6) is 0 Å². The van der Waals surface area contributed by atoms with Gasteiger partial charge in [-0.25, -0.2) is 4.98 Å². The van der Waals surface area contributed by atoms with Crippen molar-refractivity contribution in [2.24, 2.45) is 0 Å². The third kappa shape index (κ3) is 4.11. The Morgan fingerprint density at radius 1 is 1.20 bits per heavy atom. The van der Waals surface area contributed by atoms with E-state index in [1.165, 1.54) is 0 Å². The maximum atomic E-state index is 12.6. The molecule has 2 aromatic rings. The fourth-order valence-corrected chi connectivity index (χ4v) is 3.10. The summed E-state index contributed by atoms with van der Waals surface area (Å²) in [7, 11) is 0. The van der Waals surface area contributed by atoms with Gasteiger partial charge in [0.2, 0.25) is 0 Å². The molecule has 0 radical (unpaired) electrons. The van der Waals surface area contributed by atoms with Gasteiger partial charge in [0.1, 0.15) is 5.82 Å². The van der Waals surface area contributed by atoms with Crippen LogP contribution in [-0.2, 0) is 0 Å². The van der Waals surface area contributed by atoms with Crippen LogP contribution in [0.2, 0.25) is 5.02 Å². The summed E-state index contributed by atoms with van der Waals surface area (Å²) >= 11 is 6.14. The maximum Gasteiger partial charge on any atom is 0.255 e. The Bertz CT molecular complexity index is 740. The van der Waals surface area contributed by atoms with Crippen molar-refractivity contribution in [3.8, 4) is 0 Å². The fourth-order valence-electron chi connectivity index (χ4n) is 2.92. The lowest BCUT2D eigenvalue weighted by Gasteiger charge is -2.34. The topological polar surface area (TPSA) is 48.5 Å². The SMILES string of the molecule is CCN1CCN(C(=O)c2ccc(Nc3cccc(Cl)c3C)nc2)CC1. The van der Waals surface area contributed by atoms with Crippen LogP contribution in [0.15, 0.2) is 36.5 Å². The standard InChI is InChI=1S/C19H23ClN4O/c1-3-23-9-11-24(12-10-23)19(25)15-7-8-18(21-13-15)22-17-6-4-5-16(20)14(17)2/h4-8,13H,3,9-12H2,1-2H3,(H,21,22). The summed E-state index contributed by atoms with van der Waals surface area (Å²) in [5.74, 6) is 0.742. The third-order valence-corrected chi connectivity index (χ3v) is 5.06. The summed E-state index contributed by atoms with van der Waals surface area (Å²) in [6.45, 7) is 8.55. The summed E-state index contributed by atoms with van der Waals surface area (Å²) in [5, 5.41) is 3.96. The van der Waals surface area contributed by atoms with Gasteiger partial charge in [-0.05, 0) is 43.3 Å². The number of halogens is 1. The van der Waals surface area contributed by atoms with Crippen LogP contribution < -0.4 is 5.32 Å². The lowest BCUT2D eigenvalue weighted by molar-refractivity contribution is 0.0643. The van der Waals surface area contributed by atoms with Gasteiger partial charge in [0.05, 0.1) is 5.56 Å². The van der Waals surface area contributed by atoms with Crippen molar-refractivity contribution in [2.45, 2.75) is 13.8 Å². The molecule has 0 bridgehead atoms. The van der Waals surface area contributed by atoms with Crippen molar-refractivity contribution in [1.82, 2.24) is 14.8 Å². The van der Waals surface area contributed by atoms with Crippen molar-refractivity contribution in [2.75, 3.05) is 38.0 Å². The second-order valence-electron chi connectivity index (χ2n) is 6.20. The summed E-state index contributed by atoms with van der Waals surface area (Å²) in [6, 6.07) is 9.36. The van der Waals surface area contributed by atoms with E-state index in [1.54, 1.807) is 6.20 Å². The zero-order chi connectivity index (χ0) is 17.8. The molecule has 132 valence electrons. The Morgan fingerprint density at radius 3 is 2.60 bits per heavy atom. The van der Waals surface area contributed by atoms with Gasteiger partial charge in [-0.2, -0.15) is 0 Å². The predicted molar refractivity (Wildman–Crippen MR) is 102 cm³/mol. The molecular formula is C19H23ClN4O. The van der Waals surface area contributed by atoms with E-state index >= 15 is 0 Å². The number of nitrogens with zero attached hydrogens (tertiary/aromatic N) is 3. The quantitative estimate of drug-likeness (QED) is 0.907. The molecule has 3 rings (SSSR count). The van der Waals surface area contributed by atoms with Crippen molar-refractivity contribution >= 4 is 29.0 Å². The highest BCUT2D eigenvalue weighted by Crippen LogP contribution is 2.25. The Kier molecular flexibility index (Phi) is 5.56. The molecule has 0 spiro atoms. The Hall–Kier alpha value is -2.11. The number of aromatic nitrogens is 1. The van der Waals surface area contributed by atoms with Gasteiger partial charge >= 0.3 is 0 Å². The minimum atomic E-state index is 0.0498. The molecule has 0 saturated carbocycles. The number of benzene rings is 1. The molecule has 1 aromatic heterocycles. The molecule has 25 heavy (non-hydrogen) atoms. The highest BCUT2D eigenvalue weighted by atomic mass is 35.5. The van der Waals surface area contributed by atoms with Crippen LogP contribution in [0.3, 0.4) is 0 Å². The van der Waals surface area contributed by atoms with Gasteiger partial charge in [-0.1, -0.05) is 24.6 Å². The highest BCUT2D eigenvalue weighted by Gasteiger charge is 2.21. The molecule has 0 atom stereocenters. The van der Waals surface area contributed by atoms with Gasteiger partial charge in [0.15, 0.2) is 0 Å². The lowest BCUT2D eigenvalue weighted by Crippen LogP contribution is -2.48. The second kappa shape index (κ2) is 7.85. The van der Waals surface area contributed by atoms with E-state index in [1.807, 2.05) is 42.2 Å². The van der Waals surface area contributed by atoms with Crippen molar-refractivity contribution in [1.29, 1.82) is 0 Å². The molecule has 1 N–H and O–H groups in total. The van der Waals surface area contributed by atoms with Gasteiger partial charge in [0, 0.05) is 43.1 Å². The molecule has 0 aliphatic carbocycles. The molecular weight excluding hydrogens is 336 g/mol. The van der Waals surface area contributed by atoms with E-state index in [0.717, 1.165) is 44.0 Å². The van der Waals surface area contributed by atoms with E-state index in [-0.39, 0.29) is 5.91 Å². The Labute approximate surface area is 153 Å². The second-order valence-corrected chi connectivity index (χ2v) is 6.60. The monoisotopic (exact) mass is 358 g/mol. The van der Waals surface area contributed by atoms with Crippen LogP contribution in [0.1, 0.15) is 22.8 Å². The first-order valence-corrected chi connectivity index (χ1v) is 8.96. The van der Waals surface area contributed by atoms with Crippen LogP contribution in [0, 0.1) is 6.92 Å². The number of hydrogen-bond acceptors (Lipinski definition) is 4. The Balaban J connectivity index is 1.66. The number of anilines is 2. The maximum absolute atomic E-state index is 12.6. The predicted octanol–water partition coefficient (Wildman–Crippen LogP) is 3.56. The van der Waals surface area contributed by atoms with E-state index in [2.05, 4.69) is 22.1 Å². The number of piperazine rings is 1. The molecule has 1 amide bonds. The molecule has 2 heterocycles. The zero-order valence-corrected chi connectivity index (χ0v) is 15.4. The number of hydrogen-bond donors (Lipinski definition) is 1. The number of rotatable bonds is 4. The molecule has 1 fully saturated rings. The number of carbonyl (C=O) groups excluding carboxylic acids is 1. The molecule has 1 aliphatic heterocycles. The van der Waals surface area contributed by atoms with Crippen molar-refractivity contribution < 1.29 is 4.79 Å². The van der Waals surface area contributed by atoms with E-state index < -0.39 is 0 Å². The fraction of sp³-hybridized carbons (Fsp3) is 0.368. The number of nitrogens with one attached hydrogen (secondary N) is 1. The first-order valence-electron chi connectivity index (χ1n) is 8.58. The zero-order valence-electron chi connectivity index (χ0n) is 14.6. The average Bonchev–Trinajstić information content (AvgIpc) is 2.65. The molecule has 0 unspecified atom stereocenters. The molecule has 1 aliphatic rings. The van der Waals surface area contributed by atoms with Crippen molar-refractivity contribution in [3.05, 3.63) is 52.7 Å². The summed E-state index contributed by atoms with van der Waals surface area (Å²) in [5.41, 5.74) is 2.51. The van der Waals surface area contributed by atoms with Crippen LogP contribution in [-0.4, -0.2) is 53.4 Å². The number of pyridine rings is 1. The largest absolute Gasteiger partial charge is 0.340 e. The van der Waals surface area contributed by atoms with Gasteiger partial charge < -0.3 is 15.1 Å². The summed E-state index contributed by atoms with van der Waals surface area (Å²) in [6.07, 6.45) is 1.64. The summed E-state index contributed by atoms with van der Waals surface area (Å²) in [4.78, 5) is 21.2.